The predicted octanol–water partition coefficient (Wildman–Crippen LogP) is 16.0. The number of allylic oxidation sites excluding steroid dienone is 2. The number of carbonyl (C=O) groups is 1. The molecule has 0 aliphatic heterocycles. The monoisotopic (exact) mass is 788 g/mol. The second kappa shape index (κ2) is 38.3. The summed E-state index contributed by atoms with van der Waals surface area (Å²) in [6.45, 7) is 14.5. The van der Waals surface area contributed by atoms with E-state index in [1.165, 1.54) is 211 Å². The highest BCUT2D eigenvalue weighted by molar-refractivity contribution is 5.78. The molecule has 3 atom stereocenters. The minimum atomic E-state index is 0.327. The van der Waals surface area contributed by atoms with Crippen LogP contribution in [0.4, 0.5) is 0 Å². The van der Waals surface area contributed by atoms with E-state index in [2.05, 4.69) is 39.6 Å². The lowest BCUT2D eigenvalue weighted by Gasteiger charge is -2.24. The average Bonchev–Trinajstić information content (AvgIpc) is 4.13. The Morgan fingerprint density at radius 2 is 1.05 bits per heavy atom. The van der Waals surface area contributed by atoms with Crippen molar-refractivity contribution in [2.24, 2.45) is 23.7 Å². The first-order valence-corrected chi connectivity index (χ1v) is 25.5. The van der Waals surface area contributed by atoms with Gasteiger partial charge in [0, 0.05) is 18.4 Å². The first kappa shape index (κ1) is 53.1. The van der Waals surface area contributed by atoms with Gasteiger partial charge in [-0.2, -0.15) is 0 Å². The Hall–Kier alpha value is -0.870. The predicted molar refractivity (Wildman–Crippen MR) is 246 cm³/mol. The molecule has 2 aliphatic carbocycles. The highest BCUT2D eigenvalue weighted by atomic mass is 16.5. The zero-order valence-electron chi connectivity index (χ0n) is 39.1. The average molecular weight is 788 g/mol. The summed E-state index contributed by atoms with van der Waals surface area (Å²) >= 11 is 0. The van der Waals surface area contributed by atoms with E-state index in [1.54, 1.807) is 12.5 Å². The van der Waals surface area contributed by atoms with E-state index in [9.17, 15) is 4.79 Å². The quantitative estimate of drug-likeness (QED) is 0.0495. The number of rotatable bonds is 41. The van der Waals surface area contributed by atoms with Gasteiger partial charge in [0.1, 0.15) is 5.78 Å². The number of ether oxygens (including phenoxy) is 1. The Morgan fingerprint density at radius 1 is 0.589 bits per heavy atom. The molecular formula is C52H101NO3. The van der Waals surface area contributed by atoms with Crippen molar-refractivity contribution >= 4 is 5.78 Å². The lowest BCUT2D eigenvalue weighted by Crippen LogP contribution is -2.22. The van der Waals surface area contributed by atoms with Gasteiger partial charge in [-0.25, -0.2) is 0 Å². The summed E-state index contributed by atoms with van der Waals surface area (Å²) in [6.07, 6.45) is 46.3. The van der Waals surface area contributed by atoms with Gasteiger partial charge in [0.2, 0.25) is 0 Å². The maximum Gasteiger partial charge on any atom is 0.132 e. The van der Waals surface area contributed by atoms with Crippen LogP contribution in [0.15, 0.2) is 11.3 Å². The lowest BCUT2D eigenvalue weighted by atomic mass is 9.91. The smallest absolute Gasteiger partial charge is 0.132 e. The summed E-state index contributed by atoms with van der Waals surface area (Å²) in [5.74, 6) is 4.78. The van der Waals surface area contributed by atoms with Crippen molar-refractivity contribution in [2.75, 3.05) is 33.4 Å². The van der Waals surface area contributed by atoms with E-state index in [1.807, 2.05) is 0 Å². The van der Waals surface area contributed by atoms with Gasteiger partial charge in [0.05, 0.1) is 12.4 Å². The van der Waals surface area contributed by atoms with E-state index in [0.717, 1.165) is 50.7 Å². The molecule has 0 aromatic heterocycles. The number of aliphatic hydroxyl groups is 1. The summed E-state index contributed by atoms with van der Waals surface area (Å²) in [5.41, 5.74) is 1.66. The maximum atomic E-state index is 11.6. The Bertz CT molecular complexity index is 891. The lowest BCUT2D eigenvalue weighted by molar-refractivity contribution is -0.121. The largest absolute Gasteiger partial charge is 0.498 e. The highest BCUT2D eigenvalue weighted by Crippen LogP contribution is 2.40. The van der Waals surface area contributed by atoms with Gasteiger partial charge in [0.15, 0.2) is 0 Å². The molecule has 332 valence electrons. The summed E-state index contributed by atoms with van der Waals surface area (Å²) in [5, 5.41) is 9.04. The molecule has 0 saturated heterocycles. The van der Waals surface area contributed by atoms with Crippen molar-refractivity contribution in [3.63, 3.8) is 0 Å². The van der Waals surface area contributed by atoms with Crippen molar-refractivity contribution in [3.8, 4) is 0 Å². The van der Waals surface area contributed by atoms with Crippen LogP contribution in [0.25, 0.3) is 0 Å². The normalized spacial score (nSPS) is 15.4. The first-order chi connectivity index (χ1) is 27.4. The molecule has 0 radical (unpaired) electrons. The van der Waals surface area contributed by atoms with Crippen LogP contribution in [0, 0.1) is 23.7 Å². The molecule has 0 aromatic rings. The fourth-order valence-corrected chi connectivity index (χ4v) is 8.65. The molecule has 0 amide bonds. The molecule has 0 bridgehead atoms. The van der Waals surface area contributed by atoms with Crippen LogP contribution < -0.4 is 0 Å². The topological polar surface area (TPSA) is 49.8 Å². The second-order valence-corrected chi connectivity index (χ2v) is 18.7. The molecule has 0 spiro atoms. The number of hydrogen-bond donors (Lipinski definition) is 1. The molecule has 0 aromatic carbocycles. The van der Waals surface area contributed by atoms with Gasteiger partial charge in [-0.15, -0.1) is 0 Å². The number of hydrogen-bond acceptors (Lipinski definition) is 4. The first-order valence-electron chi connectivity index (χ1n) is 25.5. The van der Waals surface area contributed by atoms with E-state index in [4.69, 9.17) is 9.84 Å². The Kier molecular flexibility index (Phi) is 36.4. The zero-order chi connectivity index (χ0) is 40.9. The summed E-state index contributed by atoms with van der Waals surface area (Å²) in [4.78, 5) is 14.0. The zero-order valence-corrected chi connectivity index (χ0v) is 39.1. The van der Waals surface area contributed by atoms with Gasteiger partial charge in [0.25, 0.3) is 0 Å². The minimum absolute atomic E-state index is 0.327. The summed E-state index contributed by atoms with van der Waals surface area (Å²) in [7, 11) is 2.25. The van der Waals surface area contributed by atoms with Gasteiger partial charge in [-0.05, 0) is 115 Å². The molecule has 0 heterocycles. The number of carbonyl (C=O) groups excluding carboxylic acids is 1. The molecule has 4 heteroatoms. The maximum absolute atomic E-state index is 11.6. The number of aliphatic hydroxyl groups excluding tert-OH is 1. The summed E-state index contributed by atoms with van der Waals surface area (Å²) < 4.78 is 6.77. The summed E-state index contributed by atoms with van der Waals surface area (Å²) in [6, 6.07) is 0. The molecule has 4 nitrogen and oxygen atoms in total. The minimum Gasteiger partial charge on any atom is -0.498 e. The molecule has 2 aliphatic rings. The fraction of sp³-hybridized carbons (Fsp3) is 0.942. The van der Waals surface area contributed by atoms with Gasteiger partial charge in [-0.3, -0.25) is 4.79 Å². The molecule has 2 fully saturated rings. The molecule has 1 N–H and O–H groups in total. The highest BCUT2D eigenvalue weighted by Gasteiger charge is 2.27. The Labute approximate surface area is 351 Å². The molecule has 2 rings (SSSR count). The third-order valence-electron chi connectivity index (χ3n) is 13.0. The Morgan fingerprint density at radius 3 is 1.52 bits per heavy atom. The van der Waals surface area contributed by atoms with Crippen LogP contribution in [0.2, 0.25) is 0 Å². The van der Waals surface area contributed by atoms with Crippen LogP contribution in [0.3, 0.4) is 0 Å². The fourth-order valence-electron chi connectivity index (χ4n) is 8.65. The van der Waals surface area contributed by atoms with E-state index in [0.29, 0.717) is 24.2 Å². The van der Waals surface area contributed by atoms with Gasteiger partial charge < -0.3 is 14.7 Å². The second-order valence-electron chi connectivity index (χ2n) is 18.7. The van der Waals surface area contributed by atoms with Crippen LogP contribution in [0.5, 0.6) is 0 Å². The van der Waals surface area contributed by atoms with Crippen LogP contribution >= 0.6 is 0 Å². The van der Waals surface area contributed by atoms with Crippen molar-refractivity contribution in [3.05, 3.63) is 11.3 Å². The Balaban J connectivity index is 0.000000732. The molecule has 2 saturated carbocycles. The number of unbranched alkanes of at least 4 members (excludes halogenated alkanes) is 17. The standard InChI is InChI=1S/C35H67NO2.C17H34O/c1-4-6-8-10-11-13-19-33(18-12-9-7-5-2)35(34-24-25-34)38-30-26-31(20-21-32-22-23-32)17-16-28-36(3)27-14-15-29-37;1-4-6-8-10-11-13-15-17(16(3)18)14-12-9-7-5-2/h31-33,37H,4-30H2,1-3H3;17H,4-15H2,1-3H3. The van der Waals surface area contributed by atoms with E-state index < -0.39 is 0 Å². The molecule has 56 heavy (non-hydrogen) atoms. The number of ketones is 1. The van der Waals surface area contributed by atoms with E-state index in [-0.39, 0.29) is 0 Å². The van der Waals surface area contributed by atoms with Crippen LogP contribution in [0.1, 0.15) is 259 Å². The van der Waals surface area contributed by atoms with E-state index >= 15 is 0 Å². The van der Waals surface area contributed by atoms with Gasteiger partial charge >= 0.3 is 0 Å². The molecule has 3 unspecified atom stereocenters. The third-order valence-corrected chi connectivity index (χ3v) is 13.0. The number of Topliss-reactive ketones (excluding diaryl/α,β-unsaturated/α-hetero) is 1. The van der Waals surface area contributed by atoms with Crippen molar-refractivity contribution in [2.45, 2.75) is 259 Å². The van der Waals surface area contributed by atoms with Gasteiger partial charge in [-0.1, -0.05) is 182 Å². The van der Waals surface area contributed by atoms with Crippen LogP contribution in [-0.4, -0.2) is 49.1 Å². The molecular weight excluding hydrogens is 687 g/mol. The van der Waals surface area contributed by atoms with Crippen molar-refractivity contribution < 1.29 is 14.6 Å². The van der Waals surface area contributed by atoms with Crippen molar-refractivity contribution in [1.82, 2.24) is 4.90 Å². The number of nitrogens with zero attached hydrogens (tertiary/aromatic N) is 1. The third kappa shape index (κ3) is 32.0. The SMILES string of the molecule is CCCCCCCCC(CCCCCC)C(C)=O.CCCCCCCCC(CCCCCC)C(OCCC(CCCN(C)CCCCO)CCC1CC1)=C1CC1. The van der Waals surface area contributed by atoms with Crippen LogP contribution in [-0.2, 0) is 9.53 Å². The van der Waals surface area contributed by atoms with Crippen molar-refractivity contribution in [1.29, 1.82) is 0 Å².